The second-order valence-corrected chi connectivity index (χ2v) is 6.55. The molecule has 2 rings (SSSR count). The van der Waals surface area contributed by atoms with Crippen LogP contribution < -0.4 is 92.4 Å². The van der Waals surface area contributed by atoms with Gasteiger partial charge in [0.1, 0.15) is 7.82 Å². The number of phosphoric ester groups is 1. The average Bonchev–Trinajstić information content (AvgIpc) is 2.66. The van der Waals surface area contributed by atoms with Crippen molar-refractivity contribution in [2.75, 3.05) is 27.9 Å². The van der Waals surface area contributed by atoms with Gasteiger partial charge in [0, 0.05) is 0 Å². The van der Waals surface area contributed by atoms with Crippen LogP contribution in [0, 0.1) is 0 Å². The van der Waals surface area contributed by atoms with E-state index in [2.05, 4.69) is 4.52 Å². The normalized spacial score (nSPS) is 10.6. The van der Waals surface area contributed by atoms with Crippen LogP contribution >= 0.6 is 7.82 Å². The number of phosphoric acid groups is 1. The van der Waals surface area contributed by atoms with E-state index < -0.39 is 7.82 Å². The van der Waals surface area contributed by atoms with Gasteiger partial charge in [-0.1, -0.05) is 18.2 Å². The van der Waals surface area contributed by atoms with Crippen LogP contribution in [0.5, 0.6) is 28.7 Å². The number of hydrogen-bond donors (Lipinski definition) is 0. The molecule has 0 saturated carbocycles. The molecule has 152 valence electrons. The smallest absolute Gasteiger partial charge is 0.780 e. The van der Waals surface area contributed by atoms with Gasteiger partial charge in [-0.05, 0) is 42.3 Å². The molecule has 0 spiro atoms. The Morgan fingerprint density at radius 1 is 0.833 bits per heavy atom. The van der Waals surface area contributed by atoms with Gasteiger partial charge in [-0.2, -0.15) is 0 Å². The van der Waals surface area contributed by atoms with Gasteiger partial charge in [-0.15, -0.1) is 0 Å². The van der Waals surface area contributed by atoms with Crippen molar-refractivity contribution in [1.82, 2.24) is 0 Å². The van der Waals surface area contributed by atoms with Crippen LogP contribution in [0.2, 0.25) is 0 Å². The van der Waals surface area contributed by atoms with Crippen molar-refractivity contribution in [2.45, 2.75) is 6.92 Å². The molecular formula is C19H21Na2O8P. The summed E-state index contributed by atoms with van der Waals surface area (Å²) in [4.78, 5) is 22.0. The minimum atomic E-state index is -5.22. The van der Waals surface area contributed by atoms with Gasteiger partial charge in [-0.25, -0.2) is 0 Å². The Kier molecular flexibility index (Phi) is 13.4. The number of benzene rings is 2. The van der Waals surface area contributed by atoms with E-state index in [1.807, 2.05) is 0 Å². The van der Waals surface area contributed by atoms with E-state index in [-0.39, 0.29) is 70.6 Å². The molecule has 0 aliphatic heterocycles. The minimum Gasteiger partial charge on any atom is -0.780 e. The molecule has 0 unspecified atom stereocenters. The fraction of sp³-hybridized carbons (Fsp3) is 0.263. The van der Waals surface area contributed by atoms with Crippen LogP contribution in [0.1, 0.15) is 18.1 Å². The summed E-state index contributed by atoms with van der Waals surface area (Å²) < 4.78 is 36.7. The first-order valence-corrected chi connectivity index (χ1v) is 9.74. The van der Waals surface area contributed by atoms with Gasteiger partial charge in [-0.3, -0.25) is 0 Å². The first-order valence-electron chi connectivity index (χ1n) is 8.27. The predicted octanol–water partition coefficient (Wildman–Crippen LogP) is -3.50. The summed E-state index contributed by atoms with van der Waals surface area (Å²) in [7, 11) is -0.663. The zero-order valence-corrected chi connectivity index (χ0v) is 22.9. The van der Waals surface area contributed by atoms with E-state index in [1.54, 1.807) is 37.3 Å². The van der Waals surface area contributed by atoms with Crippen molar-refractivity contribution in [1.29, 1.82) is 0 Å². The van der Waals surface area contributed by atoms with Crippen LogP contribution in [0.15, 0.2) is 30.3 Å². The van der Waals surface area contributed by atoms with Crippen molar-refractivity contribution in [2.24, 2.45) is 0 Å². The second kappa shape index (κ2) is 13.7. The zero-order chi connectivity index (χ0) is 20.7. The van der Waals surface area contributed by atoms with Crippen LogP contribution in [0.25, 0.3) is 12.2 Å². The molecule has 11 heteroatoms. The van der Waals surface area contributed by atoms with E-state index >= 15 is 0 Å². The van der Waals surface area contributed by atoms with Crippen LogP contribution in [0.4, 0.5) is 0 Å². The van der Waals surface area contributed by atoms with E-state index in [0.717, 1.165) is 5.56 Å². The Balaban J connectivity index is 0.00000420. The summed E-state index contributed by atoms with van der Waals surface area (Å²) in [5.41, 5.74) is 1.35. The molecule has 0 fully saturated rings. The minimum absolute atomic E-state index is 0. The number of rotatable bonds is 9. The molecule has 0 aliphatic carbocycles. The fourth-order valence-corrected chi connectivity index (χ4v) is 2.87. The largest absolute Gasteiger partial charge is 1.00 e. The molecule has 2 aromatic rings. The Bertz CT molecular complexity index is 873. The zero-order valence-electron chi connectivity index (χ0n) is 18.0. The molecule has 2 aromatic carbocycles. The Morgan fingerprint density at radius 3 is 1.83 bits per heavy atom. The van der Waals surface area contributed by atoms with E-state index in [4.69, 9.17) is 18.9 Å². The van der Waals surface area contributed by atoms with E-state index in [9.17, 15) is 14.4 Å². The standard InChI is InChI=1S/C19H23O8P.2Na/c1-5-26-15-9-8-13(10-16(15)27-28(20,21)22)6-7-14-11-17(23-2)19(25-4)18(12-14)24-3;;/h6-12H,5H2,1-4H3,(H2,20,21,22);;/q;2*+1/p-2/b7-6-;;. The average molecular weight is 454 g/mol. The number of methoxy groups -OCH3 is 3. The summed E-state index contributed by atoms with van der Waals surface area (Å²) in [5.74, 6) is 1.47. The van der Waals surface area contributed by atoms with Gasteiger partial charge >= 0.3 is 59.1 Å². The van der Waals surface area contributed by atoms with Crippen molar-refractivity contribution in [3.05, 3.63) is 41.5 Å². The van der Waals surface area contributed by atoms with Gasteiger partial charge in [0.25, 0.3) is 0 Å². The number of hydrogen-bond acceptors (Lipinski definition) is 8. The molecule has 0 amide bonds. The van der Waals surface area contributed by atoms with E-state index in [0.29, 0.717) is 29.4 Å². The third-order valence-corrected chi connectivity index (χ3v) is 4.05. The maximum absolute atomic E-state index is 11.0. The monoisotopic (exact) mass is 454 g/mol. The first kappa shape index (κ1) is 29.3. The van der Waals surface area contributed by atoms with Crippen molar-refractivity contribution < 1.29 is 96.9 Å². The molecule has 0 aliphatic rings. The fourth-order valence-electron chi connectivity index (χ4n) is 2.48. The third-order valence-electron chi connectivity index (χ3n) is 3.63. The summed E-state index contributed by atoms with van der Waals surface area (Å²) >= 11 is 0. The number of ether oxygens (including phenoxy) is 4. The molecule has 0 bridgehead atoms. The van der Waals surface area contributed by atoms with Crippen LogP contribution in [-0.4, -0.2) is 27.9 Å². The summed E-state index contributed by atoms with van der Waals surface area (Å²) in [6.45, 7) is 2.02. The maximum atomic E-state index is 11.0. The molecule has 0 heterocycles. The maximum Gasteiger partial charge on any atom is 1.00 e. The Hall–Kier alpha value is -0.670. The molecule has 30 heavy (non-hydrogen) atoms. The SMILES string of the molecule is CCOc1ccc(/C=C\c2cc(OC)c(OC)c(OC)c2)cc1OP(=O)([O-])[O-].[Na+].[Na+]. The van der Waals surface area contributed by atoms with Gasteiger partial charge < -0.3 is 37.8 Å². The molecule has 0 saturated heterocycles. The third kappa shape index (κ3) is 8.46. The van der Waals surface area contributed by atoms with Crippen LogP contribution in [-0.2, 0) is 4.57 Å². The molecule has 0 N–H and O–H groups in total. The van der Waals surface area contributed by atoms with Crippen LogP contribution in [0.3, 0.4) is 0 Å². The second-order valence-electron chi connectivity index (χ2n) is 5.47. The Morgan fingerprint density at radius 2 is 1.37 bits per heavy atom. The summed E-state index contributed by atoms with van der Waals surface area (Å²) in [6.07, 6.45) is 3.47. The van der Waals surface area contributed by atoms with Gasteiger partial charge in [0.2, 0.25) is 5.75 Å². The Labute approximate surface area is 220 Å². The van der Waals surface area contributed by atoms with Crippen molar-refractivity contribution in [3.63, 3.8) is 0 Å². The molecule has 0 atom stereocenters. The topological polar surface area (TPSA) is 109 Å². The first-order chi connectivity index (χ1) is 13.3. The summed E-state index contributed by atoms with van der Waals surface area (Å²) in [5, 5.41) is 0. The molecular weight excluding hydrogens is 433 g/mol. The van der Waals surface area contributed by atoms with Gasteiger partial charge in [0.15, 0.2) is 23.0 Å². The van der Waals surface area contributed by atoms with E-state index in [1.165, 1.54) is 33.5 Å². The molecule has 0 radical (unpaired) electrons. The quantitative estimate of drug-likeness (QED) is 0.218. The van der Waals surface area contributed by atoms with Crippen molar-refractivity contribution in [3.8, 4) is 28.7 Å². The predicted molar refractivity (Wildman–Crippen MR) is 101 cm³/mol. The molecule has 8 nitrogen and oxygen atoms in total. The summed E-state index contributed by atoms with van der Waals surface area (Å²) in [6, 6.07) is 8.15. The van der Waals surface area contributed by atoms with Gasteiger partial charge in [0.05, 0.1) is 27.9 Å². The molecule has 0 aromatic heterocycles. The van der Waals surface area contributed by atoms with Crippen molar-refractivity contribution >= 4 is 20.0 Å².